The van der Waals surface area contributed by atoms with Crippen LogP contribution in [0.15, 0.2) is 29.2 Å². The third-order valence-corrected chi connectivity index (χ3v) is 7.29. The van der Waals surface area contributed by atoms with E-state index in [4.69, 9.17) is 28.6 Å². The normalized spacial score (nSPS) is 22.1. The van der Waals surface area contributed by atoms with Gasteiger partial charge < -0.3 is 15.0 Å². The van der Waals surface area contributed by atoms with Crippen LogP contribution >= 0.6 is 23.8 Å². The minimum absolute atomic E-state index is 0.157. The molecule has 0 bridgehead atoms. The van der Waals surface area contributed by atoms with Crippen molar-refractivity contribution in [1.29, 1.82) is 0 Å². The molecule has 0 radical (unpaired) electrons. The van der Waals surface area contributed by atoms with E-state index in [1.54, 1.807) is 18.2 Å². The predicted octanol–water partition coefficient (Wildman–Crippen LogP) is 1.70. The first-order chi connectivity index (χ1) is 12.0. The molecule has 2 aliphatic rings. The fourth-order valence-corrected chi connectivity index (χ4v) is 5.22. The number of sulfonamides is 1. The van der Waals surface area contributed by atoms with E-state index in [9.17, 15) is 8.42 Å². The predicted molar refractivity (Wildman–Crippen MR) is 101 cm³/mol. The Balaban J connectivity index is 1.54. The highest BCUT2D eigenvalue weighted by Crippen LogP contribution is 2.25. The van der Waals surface area contributed by atoms with Gasteiger partial charge in [-0.2, -0.15) is 4.31 Å². The number of rotatable bonds is 4. The lowest BCUT2D eigenvalue weighted by molar-refractivity contribution is 0.113. The highest BCUT2D eigenvalue weighted by Gasteiger charge is 2.30. The largest absolute Gasteiger partial charge is 0.376 e. The molecule has 0 amide bonds. The molecule has 1 aromatic carbocycles. The van der Waals surface area contributed by atoms with Crippen molar-refractivity contribution in [2.75, 3.05) is 39.3 Å². The summed E-state index contributed by atoms with van der Waals surface area (Å²) in [6.45, 7) is 3.40. The molecular weight excluding hydrogens is 382 g/mol. The molecule has 0 spiro atoms. The van der Waals surface area contributed by atoms with Crippen molar-refractivity contribution in [1.82, 2.24) is 14.5 Å². The maximum Gasteiger partial charge on any atom is 0.244 e. The number of hydrogen-bond donors (Lipinski definition) is 1. The standard InChI is InChI=1S/C16H22ClN3O3S2/c17-14-5-1-2-6-15(14)25(21,22)20-9-7-19(8-10-20)16(24)18-12-13-4-3-11-23-13/h1-2,5-6,13H,3-4,7-12H2,(H,18,24)/t13-/m0/s1. The Hall–Kier alpha value is -0.930. The summed E-state index contributed by atoms with van der Waals surface area (Å²) in [4.78, 5) is 2.16. The zero-order valence-corrected chi connectivity index (χ0v) is 16.2. The zero-order chi connectivity index (χ0) is 17.9. The molecule has 0 unspecified atom stereocenters. The van der Waals surface area contributed by atoms with Crippen molar-refractivity contribution in [3.8, 4) is 0 Å². The summed E-state index contributed by atoms with van der Waals surface area (Å²) in [7, 11) is -3.58. The number of piperazine rings is 1. The maximum atomic E-state index is 12.7. The Morgan fingerprint density at radius 1 is 1.28 bits per heavy atom. The summed E-state index contributed by atoms with van der Waals surface area (Å²) in [5.41, 5.74) is 0. The molecular formula is C16H22ClN3O3S2. The molecule has 1 N–H and O–H groups in total. The zero-order valence-electron chi connectivity index (χ0n) is 13.9. The summed E-state index contributed by atoms with van der Waals surface area (Å²) in [6.07, 6.45) is 2.37. The van der Waals surface area contributed by atoms with E-state index in [2.05, 4.69) is 5.32 Å². The van der Waals surface area contributed by atoms with Crippen LogP contribution in [0.2, 0.25) is 5.02 Å². The van der Waals surface area contributed by atoms with Gasteiger partial charge in [0.1, 0.15) is 4.90 Å². The molecule has 0 aliphatic carbocycles. The van der Waals surface area contributed by atoms with Gasteiger partial charge in [-0.15, -0.1) is 0 Å². The fraction of sp³-hybridized carbons (Fsp3) is 0.562. The van der Waals surface area contributed by atoms with E-state index in [1.165, 1.54) is 10.4 Å². The van der Waals surface area contributed by atoms with E-state index in [0.29, 0.717) is 37.8 Å². The second kappa shape index (κ2) is 8.18. The molecule has 1 atom stereocenters. The van der Waals surface area contributed by atoms with Crippen LogP contribution in [0.25, 0.3) is 0 Å². The second-order valence-electron chi connectivity index (χ2n) is 6.14. The van der Waals surface area contributed by atoms with E-state index >= 15 is 0 Å². The molecule has 9 heteroatoms. The minimum Gasteiger partial charge on any atom is -0.376 e. The Morgan fingerprint density at radius 3 is 2.64 bits per heavy atom. The molecule has 6 nitrogen and oxygen atoms in total. The van der Waals surface area contributed by atoms with Gasteiger partial charge in [0, 0.05) is 39.3 Å². The SMILES string of the molecule is O=S(=O)(c1ccccc1Cl)N1CCN(C(=S)NC[C@@H]2CCCO2)CC1. The van der Waals surface area contributed by atoms with Gasteiger partial charge in [0.05, 0.1) is 11.1 Å². The lowest BCUT2D eigenvalue weighted by Crippen LogP contribution is -2.53. The van der Waals surface area contributed by atoms with Crippen LogP contribution < -0.4 is 5.32 Å². The molecule has 138 valence electrons. The quantitative estimate of drug-likeness (QED) is 0.772. The van der Waals surface area contributed by atoms with Gasteiger partial charge in [0.15, 0.2) is 5.11 Å². The number of thiocarbonyl (C=S) groups is 1. The van der Waals surface area contributed by atoms with Gasteiger partial charge in [-0.3, -0.25) is 0 Å². The number of nitrogens with one attached hydrogen (secondary N) is 1. The topological polar surface area (TPSA) is 61.9 Å². The molecule has 3 rings (SSSR count). The summed E-state index contributed by atoms with van der Waals surface area (Å²) in [5, 5.41) is 4.14. The Bertz CT molecular complexity index is 715. The van der Waals surface area contributed by atoms with Gasteiger partial charge >= 0.3 is 0 Å². The van der Waals surface area contributed by atoms with Crippen LogP contribution in [0.4, 0.5) is 0 Å². The maximum absolute atomic E-state index is 12.7. The van der Waals surface area contributed by atoms with Gasteiger partial charge in [0.25, 0.3) is 0 Å². The first kappa shape index (κ1) is 18.8. The average molecular weight is 404 g/mol. The van der Waals surface area contributed by atoms with Crippen molar-refractivity contribution in [3.05, 3.63) is 29.3 Å². The number of hydrogen-bond acceptors (Lipinski definition) is 4. The minimum atomic E-state index is -3.58. The molecule has 0 aromatic heterocycles. The number of benzene rings is 1. The molecule has 2 aliphatic heterocycles. The van der Waals surface area contributed by atoms with Crippen LogP contribution in [-0.4, -0.2) is 68.2 Å². The van der Waals surface area contributed by atoms with Crippen LogP contribution in [0.3, 0.4) is 0 Å². The van der Waals surface area contributed by atoms with Crippen LogP contribution in [0.5, 0.6) is 0 Å². The molecule has 1 aromatic rings. The van der Waals surface area contributed by atoms with E-state index in [-0.39, 0.29) is 16.0 Å². The van der Waals surface area contributed by atoms with E-state index in [1.807, 2.05) is 4.90 Å². The Morgan fingerprint density at radius 2 is 2.00 bits per heavy atom. The second-order valence-corrected chi connectivity index (χ2v) is 8.84. The molecule has 0 saturated carbocycles. The molecule has 2 saturated heterocycles. The highest BCUT2D eigenvalue weighted by atomic mass is 35.5. The van der Waals surface area contributed by atoms with E-state index in [0.717, 1.165) is 19.4 Å². The fourth-order valence-electron chi connectivity index (χ4n) is 3.04. The van der Waals surface area contributed by atoms with Crippen molar-refractivity contribution in [3.63, 3.8) is 0 Å². The van der Waals surface area contributed by atoms with E-state index < -0.39 is 10.0 Å². The lowest BCUT2D eigenvalue weighted by Gasteiger charge is -2.35. The molecule has 25 heavy (non-hydrogen) atoms. The number of nitrogens with zero attached hydrogens (tertiary/aromatic N) is 2. The third-order valence-electron chi connectivity index (χ3n) is 4.49. The van der Waals surface area contributed by atoms with Crippen LogP contribution in [0, 0.1) is 0 Å². The Kier molecular flexibility index (Phi) is 6.17. The van der Waals surface area contributed by atoms with Crippen molar-refractivity contribution in [2.45, 2.75) is 23.8 Å². The smallest absolute Gasteiger partial charge is 0.244 e. The van der Waals surface area contributed by atoms with Gasteiger partial charge in [-0.05, 0) is 37.2 Å². The van der Waals surface area contributed by atoms with Gasteiger partial charge in [-0.1, -0.05) is 23.7 Å². The van der Waals surface area contributed by atoms with Crippen molar-refractivity contribution in [2.24, 2.45) is 0 Å². The summed E-state index contributed by atoms with van der Waals surface area (Å²) >= 11 is 11.5. The summed E-state index contributed by atoms with van der Waals surface area (Å²) in [5.74, 6) is 0. The van der Waals surface area contributed by atoms with Gasteiger partial charge in [0.2, 0.25) is 10.0 Å². The first-order valence-corrected chi connectivity index (χ1v) is 10.6. The van der Waals surface area contributed by atoms with Crippen molar-refractivity contribution < 1.29 is 13.2 Å². The Labute approximate surface area is 159 Å². The first-order valence-electron chi connectivity index (χ1n) is 8.37. The molecule has 2 heterocycles. The monoisotopic (exact) mass is 403 g/mol. The summed E-state index contributed by atoms with van der Waals surface area (Å²) in [6, 6.07) is 6.53. The number of ether oxygens (including phenoxy) is 1. The molecule has 2 fully saturated rings. The van der Waals surface area contributed by atoms with Crippen LogP contribution in [0.1, 0.15) is 12.8 Å². The van der Waals surface area contributed by atoms with Gasteiger partial charge in [-0.25, -0.2) is 8.42 Å². The lowest BCUT2D eigenvalue weighted by atomic mass is 10.2. The highest BCUT2D eigenvalue weighted by molar-refractivity contribution is 7.89. The average Bonchev–Trinajstić information content (AvgIpc) is 3.13. The third kappa shape index (κ3) is 4.43. The van der Waals surface area contributed by atoms with Crippen LogP contribution in [-0.2, 0) is 14.8 Å². The number of halogens is 1. The van der Waals surface area contributed by atoms with Crippen molar-refractivity contribution >= 4 is 39.0 Å². The summed E-state index contributed by atoms with van der Waals surface area (Å²) < 4.78 is 32.5.